The van der Waals surface area contributed by atoms with Crippen LogP contribution >= 0.6 is 0 Å². The van der Waals surface area contributed by atoms with Gasteiger partial charge in [-0.15, -0.1) is 0 Å². The second-order valence-corrected chi connectivity index (χ2v) is 5.59. The van der Waals surface area contributed by atoms with Gasteiger partial charge in [-0.05, 0) is 29.8 Å². The number of carbonyl (C=O) groups is 2. The van der Waals surface area contributed by atoms with Crippen molar-refractivity contribution in [3.63, 3.8) is 0 Å². The van der Waals surface area contributed by atoms with Crippen molar-refractivity contribution >= 4 is 17.5 Å². The summed E-state index contributed by atoms with van der Waals surface area (Å²) in [6.45, 7) is -0.166. The third-order valence-electron chi connectivity index (χ3n) is 4.00. The number of carbonyl (C=O) groups excluding carboxylic acids is 2. The average molecular weight is 328 g/mol. The summed E-state index contributed by atoms with van der Waals surface area (Å²) >= 11 is 0. The molecule has 1 N–H and O–H groups in total. The van der Waals surface area contributed by atoms with Gasteiger partial charge in [0.1, 0.15) is 12.4 Å². The van der Waals surface area contributed by atoms with Crippen molar-refractivity contribution in [3.8, 4) is 0 Å². The van der Waals surface area contributed by atoms with Crippen LogP contribution in [0.1, 0.15) is 11.6 Å². The van der Waals surface area contributed by atoms with Crippen LogP contribution in [0.2, 0.25) is 0 Å². The summed E-state index contributed by atoms with van der Waals surface area (Å²) in [5, 5.41) is 2.78. The summed E-state index contributed by atoms with van der Waals surface area (Å²) in [7, 11) is 1.61. The normalized spacial score (nSPS) is 20.8. The van der Waals surface area contributed by atoms with Gasteiger partial charge in [0, 0.05) is 12.7 Å². The van der Waals surface area contributed by atoms with Gasteiger partial charge >= 0.3 is 0 Å². The van der Waals surface area contributed by atoms with E-state index in [0.717, 1.165) is 0 Å². The Morgan fingerprint density at radius 3 is 2.50 bits per heavy atom. The van der Waals surface area contributed by atoms with Crippen molar-refractivity contribution in [2.75, 3.05) is 19.0 Å². The Morgan fingerprint density at radius 1 is 1.17 bits per heavy atom. The quantitative estimate of drug-likeness (QED) is 0.941. The molecule has 3 rings (SSSR count). The number of likely N-dealkylation sites (N-methyl/N-ethyl adjacent to an activating group) is 1. The van der Waals surface area contributed by atoms with E-state index >= 15 is 0 Å². The van der Waals surface area contributed by atoms with Crippen molar-refractivity contribution in [1.29, 1.82) is 0 Å². The van der Waals surface area contributed by atoms with E-state index in [1.54, 1.807) is 31.3 Å². The van der Waals surface area contributed by atoms with Crippen molar-refractivity contribution < 1.29 is 18.7 Å². The highest BCUT2D eigenvalue weighted by molar-refractivity contribution is 5.96. The third kappa shape index (κ3) is 3.28. The van der Waals surface area contributed by atoms with Crippen LogP contribution in [0, 0.1) is 5.82 Å². The van der Waals surface area contributed by atoms with Gasteiger partial charge in [0.2, 0.25) is 5.91 Å². The summed E-state index contributed by atoms with van der Waals surface area (Å²) in [5.74, 6) is -0.960. The molecule has 5 nitrogen and oxygen atoms in total. The Balaban J connectivity index is 1.87. The zero-order valence-electron chi connectivity index (χ0n) is 13.1. The van der Waals surface area contributed by atoms with Crippen LogP contribution in [0.3, 0.4) is 0 Å². The van der Waals surface area contributed by atoms with E-state index in [0.29, 0.717) is 11.3 Å². The Bertz CT molecular complexity index is 734. The lowest BCUT2D eigenvalue weighted by Crippen LogP contribution is -2.51. The molecule has 0 bridgehead atoms. The Hall–Kier alpha value is -2.73. The lowest BCUT2D eigenvalue weighted by atomic mass is 9.97. The molecule has 0 aliphatic carbocycles. The van der Waals surface area contributed by atoms with E-state index in [4.69, 9.17) is 4.74 Å². The fourth-order valence-corrected chi connectivity index (χ4v) is 2.72. The number of nitrogens with one attached hydrogen (secondary N) is 1. The molecule has 2 aromatic carbocycles. The highest BCUT2D eigenvalue weighted by atomic mass is 19.1. The van der Waals surface area contributed by atoms with Gasteiger partial charge in [0.25, 0.3) is 5.91 Å². The van der Waals surface area contributed by atoms with Gasteiger partial charge in [0.15, 0.2) is 6.10 Å². The number of ether oxygens (including phenoxy) is 1. The number of para-hydroxylation sites is 1. The van der Waals surface area contributed by atoms with E-state index < -0.39 is 12.1 Å². The monoisotopic (exact) mass is 328 g/mol. The standard InChI is InChI=1S/C18H17FN2O3/c1-21-15(22)11-24-17(16(21)12-7-9-13(19)10-8-12)18(23)20-14-5-3-2-4-6-14/h2-10,16-17H,11H2,1H3,(H,20,23)/t16-,17-/m0/s1. The second kappa shape index (κ2) is 6.80. The molecule has 2 amide bonds. The molecule has 2 atom stereocenters. The van der Waals surface area contributed by atoms with Gasteiger partial charge in [-0.25, -0.2) is 4.39 Å². The Morgan fingerprint density at radius 2 is 1.83 bits per heavy atom. The second-order valence-electron chi connectivity index (χ2n) is 5.59. The molecule has 1 aliphatic rings. The van der Waals surface area contributed by atoms with Gasteiger partial charge in [-0.1, -0.05) is 30.3 Å². The molecule has 124 valence electrons. The van der Waals surface area contributed by atoms with E-state index in [1.807, 2.05) is 18.2 Å². The summed E-state index contributed by atoms with van der Waals surface area (Å²) in [6, 6.07) is 14.1. The SMILES string of the molecule is CN1C(=O)CO[C@H](C(=O)Nc2ccccc2)[C@@H]1c1ccc(F)cc1. The van der Waals surface area contributed by atoms with E-state index in [-0.39, 0.29) is 24.2 Å². The van der Waals surface area contributed by atoms with Crippen LogP contribution in [0.25, 0.3) is 0 Å². The van der Waals surface area contributed by atoms with E-state index in [2.05, 4.69) is 5.32 Å². The molecule has 1 aliphatic heterocycles. The largest absolute Gasteiger partial charge is 0.356 e. The maximum atomic E-state index is 13.2. The number of nitrogens with zero attached hydrogens (tertiary/aromatic N) is 1. The third-order valence-corrected chi connectivity index (χ3v) is 4.00. The Labute approximate surface area is 139 Å². The topological polar surface area (TPSA) is 58.6 Å². The van der Waals surface area contributed by atoms with E-state index in [9.17, 15) is 14.0 Å². The predicted octanol–water partition coefficient (Wildman–Crippen LogP) is 2.36. The molecule has 2 aromatic rings. The fourth-order valence-electron chi connectivity index (χ4n) is 2.72. The minimum atomic E-state index is -0.877. The number of hydrogen-bond donors (Lipinski definition) is 1. The number of amides is 2. The molecule has 24 heavy (non-hydrogen) atoms. The van der Waals surface area contributed by atoms with E-state index in [1.165, 1.54) is 17.0 Å². The first kappa shape index (κ1) is 16.1. The minimum absolute atomic E-state index is 0.166. The lowest BCUT2D eigenvalue weighted by Gasteiger charge is -2.38. The van der Waals surface area contributed by atoms with Crippen LogP contribution < -0.4 is 5.32 Å². The van der Waals surface area contributed by atoms with Crippen molar-refractivity contribution in [1.82, 2.24) is 4.90 Å². The van der Waals surface area contributed by atoms with Crippen LogP contribution in [0.5, 0.6) is 0 Å². The first-order valence-corrected chi connectivity index (χ1v) is 7.55. The van der Waals surface area contributed by atoms with Crippen LogP contribution in [0.15, 0.2) is 54.6 Å². The summed E-state index contributed by atoms with van der Waals surface area (Å²) in [4.78, 5) is 26.1. The van der Waals surface area contributed by atoms with Crippen molar-refractivity contribution in [3.05, 3.63) is 66.0 Å². The number of rotatable bonds is 3. The number of hydrogen-bond acceptors (Lipinski definition) is 3. The molecule has 1 heterocycles. The summed E-state index contributed by atoms with van der Waals surface area (Å²) in [6.07, 6.45) is -0.877. The first-order valence-electron chi connectivity index (χ1n) is 7.55. The van der Waals surface area contributed by atoms with Crippen LogP contribution in [-0.4, -0.2) is 36.5 Å². The highest BCUT2D eigenvalue weighted by Crippen LogP contribution is 2.30. The average Bonchev–Trinajstić information content (AvgIpc) is 2.59. The number of anilines is 1. The molecular weight excluding hydrogens is 311 g/mol. The number of benzene rings is 2. The molecule has 1 fully saturated rings. The lowest BCUT2D eigenvalue weighted by molar-refractivity contribution is -0.160. The summed E-state index contributed by atoms with van der Waals surface area (Å²) in [5.41, 5.74) is 1.28. The summed E-state index contributed by atoms with van der Waals surface area (Å²) < 4.78 is 18.7. The van der Waals surface area contributed by atoms with Crippen LogP contribution in [0.4, 0.5) is 10.1 Å². The molecule has 0 spiro atoms. The molecule has 0 aromatic heterocycles. The number of morpholine rings is 1. The molecule has 1 saturated heterocycles. The van der Waals surface area contributed by atoms with Crippen LogP contribution in [-0.2, 0) is 14.3 Å². The highest BCUT2D eigenvalue weighted by Gasteiger charge is 2.40. The molecule has 0 unspecified atom stereocenters. The maximum Gasteiger partial charge on any atom is 0.256 e. The molecule has 6 heteroatoms. The minimum Gasteiger partial charge on any atom is -0.356 e. The Kier molecular flexibility index (Phi) is 4.57. The number of halogens is 1. The zero-order chi connectivity index (χ0) is 17.1. The van der Waals surface area contributed by atoms with Gasteiger partial charge in [-0.2, -0.15) is 0 Å². The molecular formula is C18H17FN2O3. The fraction of sp³-hybridized carbons (Fsp3) is 0.222. The maximum absolute atomic E-state index is 13.2. The zero-order valence-corrected chi connectivity index (χ0v) is 13.1. The molecule has 0 radical (unpaired) electrons. The smallest absolute Gasteiger partial charge is 0.256 e. The van der Waals surface area contributed by atoms with Crippen molar-refractivity contribution in [2.45, 2.75) is 12.1 Å². The van der Waals surface area contributed by atoms with Gasteiger partial charge < -0.3 is 15.0 Å². The first-order chi connectivity index (χ1) is 11.6. The predicted molar refractivity (Wildman–Crippen MR) is 86.7 cm³/mol. The molecule has 0 saturated carbocycles. The van der Waals surface area contributed by atoms with Gasteiger partial charge in [0.05, 0.1) is 6.04 Å². The van der Waals surface area contributed by atoms with Crippen molar-refractivity contribution in [2.24, 2.45) is 0 Å². The van der Waals surface area contributed by atoms with Gasteiger partial charge in [-0.3, -0.25) is 9.59 Å².